The van der Waals surface area contributed by atoms with E-state index in [9.17, 15) is 19.2 Å². The number of benzene rings is 2. The lowest BCUT2D eigenvalue weighted by Gasteiger charge is -2.23. The highest BCUT2D eigenvalue weighted by molar-refractivity contribution is 6.03. The molecule has 8 nitrogen and oxygen atoms in total. The largest absolute Gasteiger partial charge is 0.465 e. The number of nitrogens with zero attached hydrogens (tertiary/aromatic N) is 1. The second-order valence-electron chi connectivity index (χ2n) is 6.01. The highest BCUT2D eigenvalue weighted by atomic mass is 16.5. The summed E-state index contributed by atoms with van der Waals surface area (Å²) in [7, 11) is 2.51. The van der Waals surface area contributed by atoms with Gasteiger partial charge in [0.15, 0.2) is 0 Å². The van der Waals surface area contributed by atoms with Crippen LogP contribution in [-0.4, -0.2) is 44.5 Å². The summed E-state index contributed by atoms with van der Waals surface area (Å²) in [5.41, 5.74) is 1.12. The molecule has 2 rings (SSSR count). The highest BCUT2D eigenvalue weighted by Crippen LogP contribution is 2.22. The standard InChI is InChI=1S/C21H22N2O6/c1-14(24)23(18-11-7-5-9-16(18)21(27)29-3)13-12-19(25)22-17-10-6-4-8-15(17)20(26)28-2/h4-11H,12-13H2,1-3H3,(H,22,25). The molecule has 2 aromatic carbocycles. The minimum atomic E-state index is -0.580. The summed E-state index contributed by atoms with van der Waals surface area (Å²) < 4.78 is 9.46. The summed E-state index contributed by atoms with van der Waals surface area (Å²) in [6.45, 7) is 1.38. The molecule has 0 unspecified atom stereocenters. The van der Waals surface area contributed by atoms with Gasteiger partial charge in [0.2, 0.25) is 11.8 Å². The van der Waals surface area contributed by atoms with Crippen LogP contribution in [0.5, 0.6) is 0 Å². The van der Waals surface area contributed by atoms with Gasteiger partial charge in [-0.05, 0) is 24.3 Å². The van der Waals surface area contributed by atoms with Gasteiger partial charge >= 0.3 is 11.9 Å². The summed E-state index contributed by atoms with van der Waals surface area (Å²) in [5.74, 6) is -1.88. The fraction of sp³-hybridized carbons (Fsp3) is 0.238. The predicted octanol–water partition coefficient (Wildman–Crippen LogP) is 2.64. The minimum Gasteiger partial charge on any atom is -0.465 e. The third-order valence-electron chi connectivity index (χ3n) is 4.15. The van der Waals surface area contributed by atoms with Crippen molar-refractivity contribution in [3.63, 3.8) is 0 Å². The number of carbonyl (C=O) groups is 4. The Morgan fingerprint density at radius 1 is 0.862 bits per heavy atom. The molecule has 0 radical (unpaired) electrons. The van der Waals surface area contributed by atoms with Crippen molar-refractivity contribution in [2.75, 3.05) is 31.0 Å². The van der Waals surface area contributed by atoms with E-state index < -0.39 is 17.8 Å². The van der Waals surface area contributed by atoms with Crippen LogP contribution in [-0.2, 0) is 19.1 Å². The van der Waals surface area contributed by atoms with Crippen molar-refractivity contribution >= 4 is 35.1 Å². The fourth-order valence-electron chi connectivity index (χ4n) is 2.75. The molecule has 0 aliphatic carbocycles. The Hall–Kier alpha value is -3.68. The van der Waals surface area contributed by atoms with Crippen LogP contribution >= 0.6 is 0 Å². The van der Waals surface area contributed by atoms with Crippen LogP contribution in [0.15, 0.2) is 48.5 Å². The van der Waals surface area contributed by atoms with E-state index in [4.69, 9.17) is 9.47 Å². The van der Waals surface area contributed by atoms with E-state index in [1.54, 1.807) is 42.5 Å². The summed E-state index contributed by atoms with van der Waals surface area (Å²) in [4.78, 5) is 49.7. The van der Waals surface area contributed by atoms with Crippen molar-refractivity contribution < 1.29 is 28.7 Å². The number of nitrogens with one attached hydrogen (secondary N) is 1. The van der Waals surface area contributed by atoms with Crippen LogP contribution in [0.25, 0.3) is 0 Å². The van der Waals surface area contributed by atoms with Crippen molar-refractivity contribution in [1.29, 1.82) is 0 Å². The number of carbonyl (C=O) groups excluding carboxylic acids is 4. The Bertz CT molecular complexity index is 925. The van der Waals surface area contributed by atoms with Gasteiger partial charge in [-0.2, -0.15) is 0 Å². The first-order chi connectivity index (χ1) is 13.9. The number of ether oxygens (including phenoxy) is 2. The summed E-state index contributed by atoms with van der Waals surface area (Å²) in [6, 6.07) is 13.0. The molecular weight excluding hydrogens is 376 g/mol. The first-order valence-corrected chi connectivity index (χ1v) is 8.81. The van der Waals surface area contributed by atoms with E-state index in [0.29, 0.717) is 11.4 Å². The number of rotatable bonds is 7. The first-order valence-electron chi connectivity index (χ1n) is 8.81. The molecule has 1 N–H and O–H groups in total. The lowest BCUT2D eigenvalue weighted by atomic mass is 10.1. The zero-order valence-electron chi connectivity index (χ0n) is 16.4. The molecule has 0 saturated heterocycles. The van der Waals surface area contributed by atoms with E-state index in [1.165, 1.54) is 32.1 Å². The van der Waals surface area contributed by atoms with Gasteiger partial charge in [-0.15, -0.1) is 0 Å². The second-order valence-corrected chi connectivity index (χ2v) is 6.01. The maximum Gasteiger partial charge on any atom is 0.339 e. The van der Waals surface area contributed by atoms with Gasteiger partial charge in [0.25, 0.3) is 0 Å². The SMILES string of the molecule is COC(=O)c1ccccc1NC(=O)CCN(C(C)=O)c1ccccc1C(=O)OC. The average molecular weight is 398 g/mol. The molecule has 0 atom stereocenters. The summed E-state index contributed by atoms with van der Waals surface area (Å²) in [6.07, 6.45) is -0.0510. The van der Waals surface area contributed by atoms with Crippen LogP contribution in [0.1, 0.15) is 34.1 Å². The molecular formula is C21H22N2O6. The minimum absolute atomic E-state index is 0.0373. The van der Waals surface area contributed by atoms with Gasteiger partial charge in [0.1, 0.15) is 0 Å². The van der Waals surface area contributed by atoms with E-state index in [2.05, 4.69) is 5.32 Å². The zero-order chi connectivity index (χ0) is 21.4. The average Bonchev–Trinajstić information content (AvgIpc) is 2.73. The van der Waals surface area contributed by atoms with Gasteiger partial charge in [-0.3, -0.25) is 9.59 Å². The van der Waals surface area contributed by atoms with Crippen LogP contribution in [0.2, 0.25) is 0 Å². The van der Waals surface area contributed by atoms with Crippen LogP contribution in [0.4, 0.5) is 11.4 Å². The Kier molecular flexibility index (Phi) is 7.47. The molecule has 0 aliphatic heterocycles. The molecule has 2 aromatic rings. The van der Waals surface area contributed by atoms with Crippen LogP contribution in [0.3, 0.4) is 0 Å². The topological polar surface area (TPSA) is 102 Å². The molecule has 0 fully saturated rings. The maximum absolute atomic E-state index is 12.4. The second kappa shape index (κ2) is 10.0. The molecule has 0 saturated carbocycles. The van der Waals surface area contributed by atoms with E-state index in [-0.39, 0.29) is 30.0 Å². The van der Waals surface area contributed by atoms with Crippen molar-refractivity contribution in [2.45, 2.75) is 13.3 Å². The van der Waals surface area contributed by atoms with Gasteiger partial charge in [0.05, 0.1) is 36.7 Å². The van der Waals surface area contributed by atoms with Crippen molar-refractivity contribution in [3.05, 3.63) is 59.7 Å². The Balaban J connectivity index is 2.15. The number of esters is 2. The summed E-state index contributed by atoms with van der Waals surface area (Å²) >= 11 is 0. The van der Waals surface area contributed by atoms with Gasteiger partial charge in [-0.25, -0.2) is 9.59 Å². The lowest BCUT2D eigenvalue weighted by molar-refractivity contribution is -0.117. The lowest BCUT2D eigenvalue weighted by Crippen LogP contribution is -2.33. The Labute approximate surface area is 168 Å². The van der Waals surface area contributed by atoms with Crippen LogP contribution < -0.4 is 10.2 Å². The van der Waals surface area contributed by atoms with Crippen molar-refractivity contribution in [1.82, 2.24) is 0 Å². The highest BCUT2D eigenvalue weighted by Gasteiger charge is 2.21. The van der Waals surface area contributed by atoms with Crippen molar-refractivity contribution in [3.8, 4) is 0 Å². The van der Waals surface area contributed by atoms with E-state index >= 15 is 0 Å². The molecule has 0 heterocycles. The molecule has 29 heavy (non-hydrogen) atoms. The molecule has 0 aromatic heterocycles. The first kappa shape index (κ1) is 21.6. The van der Waals surface area contributed by atoms with Gasteiger partial charge < -0.3 is 19.7 Å². The predicted molar refractivity (Wildman–Crippen MR) is 107 cm³/mol. The third-order valence-corrected chi connectivity index (χ3v) is 4.15. The molecule has 0 bridgehead atoms. The number of anilines is 2. The normalized spacial score (nSPS) is 10.0. The van der Waals surface area contributed by atoms with Crippen molar-refractivity contribution in [2.24, 2.45) is 0 Å². The quantitative estimate of drug-likeness (QED) is 0.720. The van der Waals surface area contributed by atoms with Gasteiger partial charge in [0, 0.05) is 19.9 Å². The van der Waals surface area contributed by atoms with E-state index in [1.807, 2.05) is 0 Å². The number of hydrogen-bond acceptors (Lipinski definition) is 6. The van der Waals surface area contributed by atoms with E-state index in [0.717, 1.165) is 0 Å². The number of hydrogen-bond donors (Lipinski definition) is 1. The number of para-hydroxylation sites is 2. The fourth-order valence-corrected chi connectivity index (χ4v) is 2.75. The number of methoxy groups -OCH3 is 2. The number of amides is 2. The maximum atomic E-state index is 12.4. The molecule has 0 aliphatic rings. The summed E-state index contributed by atoms with van der Waals surface area (Å²) in [5, 5.41) is 2.65. The molecule has 0 spiro atoms. The van der Waals surface area contributed by atoms with Gasteiger partial charge in [-0.1, -0.05) is 24.3 Å². The zero-order valence-corrected chi connectivity index (χ0v) is 16.4. The molecule has 2 amide bonds. The molecule has 8 heteroatoms. The van der Waals surface area contributed by atoms with Crippen LogP contribution in [0, 0.1) is 0 Å². The third kappa shape index (κ3) is 5.41. The smallest absolute Gasteiger partial charge is 0.339 e. The monoisotopic (exact) mass is 398 g/mol. The Morgan fingerprint density at radius 2 is 1.41 bits per heavy atom. The molecule has 152 valence electrons. The Morgan fingerprint density at radius 3 is 2.03 bits per heavy atom.